The van der Waals surface area contributed by atoms with E-state index in [1.54, 1.807) is 0 Å². The van der Waals surface area contributed by atoms with Crippen LogP contribution in [-0.2, 0) is 0 Å². The maximum atomic E-state index is 9.31. The predicted molar refractivity (Wildman–Crippen MR) is 74.3 cm³/mol. The summed E-state index contributed by atoms with van der Waals surface area (Å²) in [4.78, 5) is 0. The van der Waals surface area contributed by atoms with Crippen LogP contribution in [0.4, 0.5) is 0 Å². The summed E-state index contributed by atoms with van der Waals surface area (Å²) in [5.74, 6) is 0.544. The molecule has 1 aliphatic rings. The predicted octanol–water partition coefficient (Wildman–Crippen LogP) is 3.91. The van der Waals surface area contributed by atoms with Gasteiger partial charge in [0.05, 0.1) is 6.07 Å². The largest absolute Gasteiger partial charge is 0.295 e. The van der Waals surface area contributed by atoms with Crippen molar-refractivity contribution < 1.29 is 0 Å². The van der Waals surface area contributed by atoms with E-state index < -0.39 is 0 Å². The lowest BCUT2D eigenvalue weighted by Crippen LogP contribution is -2.29. The number of hydrogen-bond donors (Lipinski definition) is 1. The van der Waals surface area contributed by atoms with E-state index in [0.717, 1.165) is 5.56 Å². The van der Waals surface area contributed by atoms with Crippen LogP contribution < -0.4 is 5.32 Å². The molecule has 0 spiro atoms. The maximum Gasteiger partial charge on any atom is 0.121 e. The van der Waals surface area contributed by atoms with Crippen LogP contribution in [-0.4, -0.2) is 6.04 Å². The summed E-state index contributed by atoms with van der Waals surface area (Å²) in [5.41, 5.74) is 2.42. The Morgan fingerprint density at radius 2 is 1.67 bits per heavy atom. The van der Waals surface area contributed by atoms with E-state index >= 15 is 0 Å². The van der Waals surface area contributed by atoms with E-state index in [1.807, 2.05) is 0 Å². The fourth-order valence-electron chi connectivity index (χ4n) is 2.61. The highest BCUT2D eigenvalue weighted by atomic mass is 15.0. The monoisotopic (exact) mass is 242 g/mol. The molecule has 2 nitrogen and oxygen atoms in total. The first kappa shape index (κ1) is 13.1. The van der Waals surface area contributed by atoms with Crippen molar-refractivity contribution >= 4 is 0 Å². The molecule has 1 unspecified atom stereocenters. The molecule has 1 fully saturated rings. The highest BCUT2D eigenvalue weighted by Gasteiger charge is 2.19. The molecule has 0 bridgehead atoms. The van der Waals surface area contributed by atoms with Gasteiger partial charge in [0.2, 0.25) is 0 Å². The zero-order valence-electron chi connectivity index (χ0n) is 11.3. The SMILES string of the molecule is CC(C)c1ccc(C(C#N)NC2CCCC2)cc1. The van der Waals surface area contributed by atoms with Crippen molar-refractivity contribution in [2.45, 2.75) is 57.5 Å². The standard InChI is InChI=1S/C16H22N2/c1-12(2)13-7-9-14(10-8-13)16(11-17)18-15-5-3-4-6-15/h7-10,12,15-16,18H,3-6H2,1-2H3. The molecule has 0 radical (unpaired) electrons. The first-order chi connectivity index (χ1) is 8.70. The van der Waals surface area contributed by atoms with Crippen LogP contribution in [0.15, 0.2) is 24.3 Å². The van der Waals surface area contributed by atoms with Crippen LogP contribution in [0.3, 0.4) is 0 Å². The van der Waals surface area contributed by atoms with Crippen molar-refractivity contribution in [2.24, 2.45) is 0 Å². The number of benzene rings is 1. The fourth-order valence-corrected chi connectivity index (χ4v) is 2.61. The molecule has 2 rings (SSSR count). The van der Waals surface area contributed by atoms with Crippen molar-refractivity contribution in [3.8, 4) is 6.07 Å². The van der Waals surface area contributed by atoms with Gasteiger partial charge in [-0.05, 0) is 29.9 Å². The van der Waals surface area contributed by atoms with Gasteiger partial charge in [0, 0.05) is 6.04 Å². The number of hydrogen-bond acceptors (Lipinski definition) is 2. The molecule has 0 saturated heterocycles. The summed E-state index contributed by atoms with van der Waals surface area (Å²) in [6.07, 6.45) is 5.01. The van der Waals surface area contributed by atoms with E-state index in [-0.39, 0.29) is 6.04 Å². The third-order valence-electron chi connectivity index (χ3n) is 3.82. The molecular formula is C16H22N2. The first-order valence-corrected chi connectivity index (χ1v) is 6.96. The highest BCUT2D eigenvalue weighted by Crippen LogP contribution is 2.23. The van der Waals surface area contributed by atoms with Gasteiger partial charge in [0.15, 0.2) is 0 Å². The van der Waals surface area contributed by atoms with Gasteiger partial charge in [-0.1, -0.05) is 51.0 Å². The van der Waals surface area contributed by atoms with E-state index in [9.17, 15) is 5.26 Å². The minimum Gasteiger partial charge on any atom is -0.295 e. The second kappa shape index (κ2) is 6.02. The van der Waals surface area contributed by atoms with E-state index in [1.165, 1.54) is 31.2 Å². The zero-order chi connectivity index (χ0) is 13.0. The Hall–Kier alpha value is -1.33. The minimum atomic E-state index is -0.158. The number of nitrogens with one attached hydrogen (secondary N) is 1. The van der Waals surface area contributed by atoms with Gasteiger partial charge in [-0.2, -0.15) is 5.26 Å². The lowest BCUT2D eigenvalue weighted by atomic mass is 9.99. The Kier molecular flexibility index (Phi) is 4.38. The lowest BCUT2D eigenvalue weighted by molar-refractivity contribution is 0.492. The molecule has 18 heavy (non-hydrogen) atoms. The molecule has 2 heteroatoms. The Bertz CT molecular complexity index is 408. The Morgan fingerprint density at radius 1 is 1.11 bits per heavy atom. The third kappa shape index (κ3) is 3.11. The van der Waals surface area contributed by atoms with E-state index in [4.69, 9.17) is 0 Å². The molecule has 1 N–H and O–H groups in total. The second-order valence-electron chi connectivity index (χ2n) is 5.53. The highest BCUT2D eigenvalue weighted by molar-refractivity contribution is 5.29. The molecule has 1 atom stereocenters. The molecular weight excluding hydrogens is 220 g/mol. The topological polar surface area (TPSA) is 35.8 Å². The summed E-state index contributed by atoms with van der Waals surface area (Å²) < 4.78 is 0. The molecule has 96 valence electrons. The van der Waals surface area contributed by atoms with Gasteiger partial charge in [-0.3, -0.25) is 5.32 Å². The van der Waals surface area contributed by atoms with Gasteiger partial charge in [-0.15, -0.1) is 0 Å². The van der Waals surface area contributed by atoms with E-state index in [0.29, 0.717) is 12.0 Å². The number of nitrogens with zero attached hydrogens (tertiary/aromatic N) is 1. The molecule has 0 aliphatic heterocycles. The summed E-state index contributed by atoms with van der Waals surface area (Å²) in [7, 11) is 0. The summed E-state index contributed by atoms with van der Waals surface area (Å²) >= 11 is 0. The molecule has 1 aromatic carbocycles. The number of nitriles is 1. The van der Waals surface area contributed by atoms with Crippen molar-refractivity contribution in [1.82, 2.24) is 5.32 Å². The van der Waals surface area contributed by atoms with Gasteiger partial charge in [-0.25, -0.2) is 0 Å². The van der Waals surface area contributed by atoms with Crippen molar-refractivity contribution in [2.75, 3.05) is 0 Å². The quantitative estimate of drug-likeness (QED) is 0.869. The molecule has 1 aliphatic carbocycles. The molecule has 1 aromatic rings. The van der Waals surface area contributed by atoms with E-state index in [2.05, 4.69) is 49.5 Å². The molecule has 0 heterocycles. The van der Waals surface area contributed by atoms with Gasteiger partial charge >= 0.3 is 0 Å². The molecule has 0 aromatic heterocycles. The summed E-state index contributed by atoms with van der Waals surface area (Å²) in [6.45, 7) is 4.38. The third-order valence-corrected chi connectivity index (χ3v) is 3.82. The van der Waals surface area contributed by atoms with Crippen molar-refractivity contribution in [1.29, 1.82) is 5.26 Å². The fraction of sp³-hybridized carbons (Fsp3) is 0.562. The van der Waals surface area contributed by atoms with Crippen molar-refractivity contribution in [3.63, 3.8) is 0 Å². The van der Waals surface area contributed by atoms with Crippen LogP contribution in [0.2, 0.25) is 0 Å². The lowest BCUT2D eigenvalue weighted by Gasteiger charge is -2.18. The number of rotatable bonds is 4. The van der Waals surface area contributed by atoms with Gasteiger partial charge in [0.25, 0.3) is 0 Å². The molecule has 1 saturated carbocycles. The average molecular weight is 242 g/mol. The van der Waals surface area contributed by atoms with Crippen LogP contribution in [0, 0.1) is 11.3 Å². The summed E-state index contributed by atoms with van der Waals surface area (Å²) in [6, 6.07) is 11.2. The second-order valence-corrected chi connectivity index (χ2v) is 5.53. The van der Waals surface area contributed by atoms with Crippen LogP contribution in [0.25, 0.3) is 0 Å². The van der Waals surface area contributed by atoms with Crippen LogP contribution in [0.1, 0.15) is 62.6 Å². The Labute approximate surface area is 110 Å². The Morgan fingerprint density at radius 3 is 2.17 bits per heavy atom. The van der Waals surface area contributed by atoms with Crippen molar-refractivity contribution in [3.05, 3.63) is 35.4 Å². The molecule has 0 amide bonds. The zero-order valence-corrected chi connectivity index (χ0v) is 11.3. The maximum absolute atomic E-state index is 9.31. The van der Waals surface area contributed by atoms with Crippen LogP contribution >= 0.6 is 0 Å². The average Bonchev–Trinajstić information content (AvgIpc) is 2.89. The summed E-state index contributed by atoms with van der Waals surface area (Å²) in [5, 5.41) is 12.8. The van der Waals surface area contributed by atoms with Gasteiger partial charge < -0.3 is 0 Å². The normalized spacial score (nSPS) is 17.9. The van der Waals surface area contributed by atoms with Gasteiger partial charge in [0.1, 0.15) is 6.04 Å². The van der Waals surface area contributed by atoms with Crippen LogP contribution in [0.5, 0.6) is 0 Å². The first-order valence-electron chi connectivity index (χ1n) is 6.96. The minimum absolute atomic E-state index is 0.158. The smallest absolute Gasteiger partial charge is 0.121 e. The Balaban J connectivity index is 2.05.